The van der Waals surface area contributed by atoms with E-state index in [4.69, 9.17) is 14.6 Å². The van der Waals surface area contributed by atoms with Gasteiger partial charge in [0.05, 0.1) is 0 Å². The third-order valence-corrected chi connectivity index (χ3v) is 3.07. The number of benzene rings is 1. The van der Waals surface area contributed by atoms with Gasteiger partial charge in [-0.25, -0.2) is 9.59 Å². The topological polar surface area (TPSA) is 96.9 Å². The molecule has 1 heterocycles. The summed E-state index contributed by atoms with van der Waals surface area (Å²) in [6.07, 6.45) is 1.08. The smallest absolute Gasteiger partial charge is 0.326 e. The van der Waals surface area contributed by atoms with Crippen molar-refractivity contribution in [2.75, 3.05) is 6.79 Å². The minimum atomic E-state index is -1.03. The van der Waals surface area contributed by atoms with Gasteiger partial charge in [0.15, 0.2) is 11.5 Å². The molecule has 0 radical (unpaired) electrons. The maximum atomic E-state index is 11.7. The Morgan fingerprint density at radius 2 is 2.10 bits per heavy atom. The van der Waals surface area contributed by atoms with Gasteiger partial charge in [-0.05, 0) is 24.1 Å². The molecule has 0 fully saturated rings. The highest BCUT2D eigenvalue weighted by atomic mass is 16.7. The van der Waals surface area contributed by atoms with E-state index >= 15 is 0 Å². The molecule has 114 valence electrons. The van der Waals surface area contributed by atoms with E-state index < -0.39 is 18.0 Å². The molecule has 1 aliphatic heterocycles. The van der Waals surface area contributed by atoms with E-state index in [1.807, 2.05) is 13.0 Å². The van der Waals surface area contributed by atoms with Crippen LogP contribution in [0, 0.1) is 0 Å². The Morgan fingerprint density at radius 1 is 1.33 bits per heavy atom. The number of carboxylic acids is 1. The van der Waals surface area contributed by atoms with E-state index in [0.717, 1.165) is 5.56 Å². The third kappa shape index (κ3) is 4.01. The fourth-order valence-corrected chi connectivity index (χ4v) is 1.99. The lowest BCUT2D eigenvalue weighted by molar-refractivity contribution is -0.139. The van der Waals surface area contributed by atoms with Gasteiger partial charge in [-0.15, -0.1) is 0 Å². The third-order valence-electron chi connectivity index (χ3n) is 3.07. The van der Waals surface area contributed by atoms with Crippen molar-refractivity contribution >= 4 is 12.0 Å². The molecule has 3 N–H and O–H groups in total. The summed E-state index contributed by atoms with van der Waals surface area (Å²) in [6.45, 7) is 2.34. The molecular weight excluding hydrogens is 276 g/mol. The number of hydrogen-bond acceptors (Lipinski definition) is 4. The van der Waals surface area contributed by atoms with Gasteiger partial charge in [0, 0.05) is 6.54 Å². The lowest BCUT2D eigenvalue weighted by Gasteiger charge is -2.14. The summed E-state index contributed by atoms with van der Waals surface area (Å²) in [6, 6.07) is 3.99. The summed E-state index contributed by atoms with van der Waals surface area (Å²) >= 11 is 0. The van der Waals surface area contributed by atoms with Gasteiger partial charge in [-0.3, -0.25) is 0 Å². The normalized spacial score (nSPS) is 13.6. The molecule has 0 aromatic heterocycles. The zero-order chi connectivity index (χ0) is 15.2. The summed E-state index contributed by atoms with van der Waals surface area (Å²) in [5.74, 6) is 0.288. The Kier molecular flexibility index (Phi) is 4.86. The minimum absolute atomic E-state index is 0.198. The van der Waals surface area contributed by atoms with E-state index in [9.17, 15) is 9.59 Å². The summed E-state index contributed by atoms with van der Waals surface area (Å²) < 4.78 is 10.4. The molecule has 0 aliphatic carbocycles. The number of aliphatic carboxylic acids is 1. The van der Waals surface area contributed by atoms with Crippen LogP contribution in [0.25, 0.3) is 0 Å². The first-order chi connectivity index (χ1) is 10.1. The molecule has 7 heteroatoms. The van der Waals surface area contributed by atoms with Gasteiger partial charge in [-0.1, -0.05) is 19.4 Å². The number of rotatable bonds is 6. The number of carboxylic acid groups (broad SMARTS) is 1. The Bertz CT molecular complexity index is 532. The van der Waals surface area contributed by atoms with Gasteiger partial charge in [0.25, 0.3) is 0 Å². The van der Waals surface area contributed by atoms with Crippen LogP contribution < -0.4 is 20.1 Å². The Labute approximate surface area is 122 Å². The van der Waals surface area contributed by atoms with Gasteiger partial charge >= 0.3 is 12.0 Å². The molecule has 7 nitrogen and oxygen atoms in total. The van der Waals surface area contributed by atoms with Crippen molar-refractivity contribution in [2.24, 2.45) is 0 Å². The van der Waals surface area contributed by atoms with Crippen molar-refractivity contribution in [1.82, 2.24) is 10.6 Å². The van der Waals surface area contributed by atoms with E-state index in [1.54, 1.807) is 12.1 Å². The number of nitrogens with one attached hydrogen (secondary N) is 2. The molecule has 0 bridgehead atoms. The van der Waals surface area contributed by atoms with Crippen molar-refractivity contribution in [2.45, 2.75) is 32.4 Å². The van der Waals surface area contributed by atoms with Crippen LogP contribution in [0.3, 0.4) is 0 Å². The SMILES string of the molecule is CCCC(NC(=O)NCc1ccc2c(c1)OCO2)C(=O)O. The second-order valence-electron chi connectivity index (χ2n) is 4.69. The van der Waals surface area contributed by atoms with Crippen LogP contribution in [0.4, 0.5) is 4.79 Å². The largest absolute Gasteiger partial charge is 0.480 e. The van der Waals surface area contributed by atoms with Gasteiger partial charge in [-0.2, -0.15) is 0 Å². The van der Waals surface area contributed by atoms with Crippen LogP contribution >= 0.6 is 0 Å². The maximum Gasteiger partial charge on any atom is 0.326 e. The molecule has 0 spiro atoms. The van der Waals surface area contributed by atoms with Crippen LogP contribution in [0.1, 0.15) is 25.3 Å². The number of amides is 2. The van der Waals surface area contributed by atoms with Crippen molar-refractivity contribution in [3.63, 3.8) is 0 Å². The molecule has 0 saturated heterocycles. The fourth-order valence-electron chi connectivity index (χ4n) is 1.99. The van der Waals surface area contributed by atoms with Crippen LogP contribution in [0.2, 0.25) is 0 Å². The van der Waals surface area contributed by atoms with Crippen LogP contribution in [0.5, 0.6) is 11.5 Å². The highest BCUT2D eigenvalue weighted by molar-refractivity contribution is 5.82. The van der Waals surface area contributed by atoms with E-state index in [0.29, 0.717) is 24.3 Å². The molecule has 0 saturated carbocycles. The van der Waals surface area contributed by atoms with E-state index in [1.165, 1.54) is 0 Å². The highest BCUT2D eigenvalue weighted by Crippen LogP contribution is 2.32. The zero-order valence-electron chi connectivity index (χ0n) is 11.7. The first-order valence-corrected chi connectivity index (χ1v) is 6.76. The molecule has 1 aromatic rings. The minimum Gasteiger partial charge on any atom is -0.480 e. The summed E-state index contributed by atoms with van der Waals surface area (Å²) in [7, 11) is 0. The monoisotopic (exact) mass is 294 g/mol. The number of ether oxygens (including phenoxy) is 2. The number of urea groups is 1. The van der Waals surface area contributed by atoms with Crippen LogP contribution in [-0.2, 0) is 11.3 Å². The Balaban J connectivity index is 1.84. The predicted molar refractivity (Wildman–Crippen MR) is 74.3 cm³/mol. The number of fused-ring (bicyclic) bond motifs is 1. The van der Waals surface area contributed by atoms with Crippen molar-refractivity contribution in [1.29, 1.82) is 0 Å². The number of carbonyl (C=O) groups excluding carboxylic acids is 1. The van der Waals surface area contributed by atoms with Gasteiger partial charge < -0.3 is 25.2 Å². The lowest BCUT2D eigenvalue weighted by atomic mass is 10.2. The van der Waals surface area contributed by atoms with Crippen LogP contribution in [-0.4, -0.2) is 29.9 Å². The van der Waals surface area contributed by atoms with Crippen molar-refractivity contribution in [3.8, 4) is 11.5 Å². The predicted octanol–water partition coefficient (Wildman–Crippen LogP) is 1.47. The quantitative estimate of drug-likeness (QED) is 0.738. The van der Waals surface area contributed by atoms with Crippen molar-refractivity contribution < 1.29 is 24.2 Å². The van der Waals surface area contributed by atoms with Gasteiger partial charge in [0.2, 0.25) is 6.79 Å². The summed E-state index contributed by atoms with van der Waals surface area (Å²) in [4.78, 5) is 22.7. The molecular formula is C14H18N2O5. The second-order valence-corrected chi connectivity index (χ2v) is 4.69. The standard InChI is InChI=1S/C14H18N2O5/c1-2-3-10(13(17)18)16-14(19)15-7-9-4-5-11-12(6-9)21-8-20-11/h4-6,10H,2-3,7-8H2,1H3,(H,17,18)(H2,15,16,19). The lowest BCUT2D eigenvalue weighted by Crippen LogP contribution is -2.45. The van der Waals surface area contributed by atoms with Crippen molar-refractivity contribution in [3.05, 3.63) is 23.8 Å². The van der Waals surface area contributed by atoms with E-state index in [2.05, 4.69) is 10.6 Å². The maximum absolute atomic E-state index is 11.7. The molecule has 2 amide bonds. The summed E-state index contributed by atoms with van der Waals surface area (Å²) in [5.41, 5.74) is 0.844. The Hall–Kier alpha value is -2.44. The molecule has 21 heavy (non-hydrogen) atoms. The highest BCUT2D eigenvalue weighted by Gasteiger charge is 2.18. The molecule has 1 atom stereocenters. The first-order valence-electron chi connectivity index (χ1n) is 6.76. The van der Waals surface area contributed by atoms with E-state index in [-0.39, 0.29) is 13.3 Å². The average molecular weight is 294 g/mol. The second kappa shape index (κ2) is 6.83. The molecule has 1 unspecified atom stereocenters. The summed E-state index contributed by atoms with van der Waals surface area (Å²) in [5, 5.41) is 14.0. The molecule has 1 aliphatic rings. The first kappa shape index (κ1) is 15.0. The van der Waals surface area contributed by atoms with Crippen LogP contribution in [0.15, 0.2) is 18.2 Å². The number of hydrogen-bond donors (Lipinski definition) is 3. The molecule has 1 aromatic carbocycles. The molecule has 2 rings (SSSR count). The van der Waals surface area contributed by atoms with Gasteiger partial charge in [0.1, 0.15) is 6.04 Å². The fraction of sp³-hybridized carbons (Fsp3) is 0.429. The Morgan fingerprint density at radius 3 is 2.81 bits per heavy atom. The number of carbonyl (C=O) groups is 2. The zero-order valence-corrected chi connectivity index (χ0v) is 11.7. The average Bonchev–Trinajstić information content (AvgIpc) is 2.92.